The maximum atomic E-state index is 12.3. The summed E-state index contributed by atoms with van der Waals surface area (Å²) < 4.78 is 1.95. The lowest BCUT2D eigenvalue weighted by Crippen LogP contribution is -2.07. The van der Waals surface area contributed by atoms with E-state index in [1.807, 2.05) is 78.5 Å². The molecule has 2 heterocycles. The Bertz CT molecular complexity index is 1110. The second-order valence-corrected chi connectivity index (χ2v) is 7.16. The van der Waals surface area contributed by atoms with Crippen molar-refractivity contribution in [3.8, 4) is 22.0 Å². The molecule has 138 valence electrons. The number of nitrogens with zero attached hydrogens (tertiary/aromatic N) is 3. The highest BCUT2D eigenvalue weighted by atomic mass is 32.1. The predicted molar refractivity (Wildman–Crippen MR) is 114 cm³/mol. The maximum Gasteiger partial charge on any atom is 0.250 e. The van der Waals surface area contributed by atoms with Gasteiger partial charge < -0.3 is 4.57 Å². The number of aryl methyl sites for hydroxylation is 1. The first kappa shape index (κ1) is 17.9. The highest BCUT2D eigenvalue weighted by molar-refractivity contribution is 7.19. The van der Waals surface area contributed by atoms with Crippen molar-refractivity contribution in [3.05, 3.63) is 84.7 Å². The summed E-state index contributed by atoms with van der Waals surface area (Å²) in [5.41, 5.74) is 2.76. The average Bonchev–Trinajstić information content (AvgIpc) is 3.33. The number of carbonyl (C=O) groups is 1. The number of rotatable bonds is 5. The minimum atomic E-state index is -0.219. The summed E-state index contributed by atoms with van der Waals surface area (Å²) in [6.45, 7) is 0. The number of anilines is 1. The predicted octanol–water partition coefficient (Wildman–Crippen LogP) is 4.86. The number of amides is 1. The van der Waals surface area contributed by atoms with Crippen molar-refractivity contribution in [1.82, 2.24) is 14.5 Å². The van der Waals surface area contributed by atoms with Crippen molar-refractivity contribution in [2.75, 3.05) is 5.32 Å². The number of nitrogens with one attached hydrogen (secondary N) is 1. The lowest BCUT2D eigenvalue weighted by atomic mass is 10.1. The van der Waals surface area contributed by atoms with Gasteiger partial charge in [0.05, 0.1) is 10.6 Å². The number of aromatic nitrogens is 3. The van der Waals surface area contributed by atoms with Gasteiger partial charge in [-0.15, -0.1) is 0 Å². The number of hydrogen-bond acceptors (Lipinski definition) is 4. The van der Waals surface area contributed by atoms with Crippen molar-refractivity contribution < 1.29 is 4.79 Å². The van der Waals surface area contributed by atoms with E-state index in [1.165, 1.54) is 17.4 Å². The molecule has 2 aromatic heterocycles. The van der Waals surface area contributed by atoms with Crippen LogP contribution >= 0.6 is 11.3 Å². The van der Waals surface area contributed by atoms with Crippen molar-refractivity contribution in [1.29, 1.82) is 0 Å². The summed E-state index contributed by atoms with van der Waals surface area (Å²) in [5.74, 6) is 0.597. The average molecular weight is 386 g/mol. The monoisotopic (exact) mass is 386 g/mol. The smallest absolute Gasteiger partial charge is 0.250 e. The first-order chi connectivity index (χ1) is 13.7. The molecule has 0 unspecified atom stereocenters. The summed E-state index contributed by atoms with van der Waals surface area (Å²) in [4.78, 5) is 22.4. The van der Waals surface area contributed by atoms with E-state index >= 15 is 0 Å². The molecule has 5 nitrogen and oxygen atoms in total. The van der Waals surface area contributed by atoms with Crippen LogP contribution in [0.4, 0.5) is 5.13 Å². The van der Waals surface area contributed by atoms with Crippen LogP contribution < -0.4 is 5.32 Å². The van der Waals surface area contributed by atoms with Gasteiger partial charge in [0, 0.05) is 31.1 Å². The Balaban J connectivity index is 1.63. The molecule has 6 heteroatoms. The van der Waals surface area contributed by atoms with Gasteiger partial charge in [0.2, 0.25) is 5.91 Å². The Morgan fingerprint density at radius 2 is 1.79 bits per heavy atom. The fraction of sp³-hybridized carbons (Fsp3) is 0.0455. The standard InChI is InChI=1S/C22H18N4OS/c1-26-15-14-23-21(26)20-19(17-10-6-3-7-11-17)25-22(28-20)24-18(27)13-12-16-8-4-2-5-9-16/h2-15H,1H3,(H,24,25,27). The topological polar surface area (TPSA) is 59.8 Å². The zero-order valence-corrected chi connectivity index (χ0v) is 16.1. The Kier molecular flexibility index (Phi) is 5.12. The molecule has 0 radical (unpaired) electrons. The molecule has 0 saturated heterocycles. The van der Waals surface area contributed by atoms with Gasteiger partial charge in [-0.05, 0) is 11.6 Å². The zero-order chi connectivity index (χ0) is 19.3. The van der Waals surface area contributed by atoms with Crippen LogP contribution in [0, 0.1) is 0 Å². The Morgan fingerprint density at radius 3 is 2.46 bits per heavy atom. The van der Waals surface area contributed by atoms with Crippen LogP contribution in [0.15, 0.2) is 79.1 Å². The van der Waals surface area contributed by atoms with Gasteiger partial charge in [0.25, 0.3) is 0 Å². The highest BCUT2D eigenvalue weighted by Crippen LogP contribution is 2.38. The van der Waals surface area contributed by atoms with Crippen LogP contribution in [0.1, 0.15) is 5.56 Å². The van der Waals surface area contributed by atoms with E-state index in [-0.39, 0.29) is 5.91 Å². The number of hydrogen-bond donors (Lipinski definition) is 1. The molecule has 1 amide bonds. The molecule has 28 heavy (non-hydrogen) atoms. The van der Waals surface area contributed by atoms with Crippen LogP contribution in [-0.4, -0.2) is 20.4 Å². The van der Waals surface area contributed by atoms with Gasteiger partial charge in [-0.2, -0.15) is 0 Å². The molecule has 2 aromatic carbocycles. The molecule has 0 atom stereocenters. The first-order valence-electron chi connectivity index (χ1n) is 8.79. The summed E-state index contributed by atoms with van der Waals surface area (Å²) >= 11 is 1.42. The van der Waals surface area contributed by atoms with E-state index in [9.17, 15) is 4.79 Å². The van der Waals surface area contributed by atoms with E-state index in [0.29, 0.717) is 5.13 Å². The fourth-order valence-corrected chi connectivity index (χ4v) is 3.81. The minimum Gasteiger partial charge on any atom is -0.333 e. The van der Waals surface area contributed by atoms with Gasteiger partial charge in [-0.1, -0.05) is 72.0 Å². The van der Waals surface area contributed by atoms with Gasteiger partial charge in [-0.3, -0.25) is 10.1 Å². The molecule has 0 bridgehead atoms. The molecular weight excluding hydrogens is 368 g/mol. The van der Waals surface area contributed by atoms with E-state index in [0.717, 1.165) is 27.5 Å². The van der Waals surface area contributed by atoms with Crippen LogP contribution in [0.25, 0.3) is 28.0 Å². The van der Waals surface area contributed by atoms with Gasteiger partial charge in [-0.25, -0.2) is 9.97 Å². The lowest BCUT2D eigenvalue weighted by molar-refractivity contribution is -0.111. The molecule has 0 aliphatic rings. The van der Waals surface area contributed by atoms with E-state index in [1.54, 1.807) is 12.3 Å². The normalized spacial score (nSPS) is 11.0. The summed E-state index contributed by atoms with van der Waals surface area (Å²) in [5, 5.41) is 3.41. The van der Waals surface area contributed by atoms with Crippen molar-refractivity contribution in [2.24, 2.45) is 7.05 Å². The van der Waals surface area contributed by atoms with Crippen LogP contribution in [-0.2, 0) is 11.8 Å². The molecular formula is C22H18N4OS. The van der Waals surface area contributed by atoms with Gasteiger partial charge in [0.1, 0.15) is 0 Å². The third-order valence-electron chi connectivity index (χ3n) is 4.16. The lowest BCUT2D eigenvalue weighted by Gasteiger charge is -2.02. The van der Waals surface area contributed by atoms with Gasteiger partial charge in [0.15, 0.2) is 11.0 Å². The Labute approximate surface area is 167 Å². The SMILES string of the molecule is Cn1ccnc1-c1sc(NC(=O)C=Cc2ccccc2)nc1-c1ccccc1. The second kappa shape index (κ2) is 8.02. The van der Waals surface area contributed by atoms with Crippen LogP contribution in [0.2, 0.25) is 0 Å². The number of imidazole rings is 1. The van der Waals surface area contributed by atoms with Crippen molar-refractivity contribution in [2.45, 2.75) is 0 Å². The molecule has 0 fully saturated rings. The van der Waals surface area contributed by atoms with Crippen LogP contribution in [0.5, 0.6) is 0 Å². The zero-order valence-electron chi connectivity index (χ0n) is 15.2. The number of thiazole rings is 1. The molecule has 0 saturated carbocycles. The third kappa shape index (κ3) is 3.92. The summed E-state index contributed by atoms with van der Waals surface area (Å²) in [6, 6.07) is 19.6. The molecule has 0 aliphatic carbocycles. The summed E-state index contributed by atoms with van der Waals surface area (Å²) in [6.07, 6.45) is 6.94. The molecule has 0 spiro atoms. The van der Waals surface area contributed by atoms with Crippen LogP contribution in [0.3, 0.4) is 0 Å². The quantitative estimate of drug-likeness (QED) is 0.498. The molecule has 4 rings (SSSR count). The highest BCUT2D eigenvalue weighted by Gasteiger charge is 2.18. The van der Waals surface area contributed by atoms with Gasteiger partial charge >= 0.3 is 0 Å². The van der Waals surface area contributed by atoms with Crippen molar-refractivity contribution >= 4 is 28.5 Å². The van der Waals surface area contributed by atoms with Crippen molar-refractivity contribution in [3.63, 3.8) is 0 Å². The first-order valence-corrected chi connectivity index (χ1v) is 9.60. The largest absolute Gasteiger partial charge is 0.333 e. The van der Waals surface area contributed by atoms with E-state index < -0.39 is 0 Å². The summed E-state index contributed by atoms with van der Waals surface area (Å²) in [7, 11) is 1.94. The molecule has 4 aromatic rings. The minimum absolute atomic E-state index is 0.219. The van der Waals surface area contributed by atoms with E-state index in [4.69, 9.17) is 0 Å². The Morgan fingerprint density at radius 1 is 1.07 bits per heavy atom. The molecule has 0 aliphatic heterocycles. The second-order valence-electron chi connectivity index (χ2n) is 6.16. The Hall–Kier alpha value is -3.51. The number of benzene rings is 2. The number of carbonyl (C=O) groups excluding carboxylic acids is 1. The fourth-order valence-electron chi connectivity index (χ4n) is 2.78. The molecule has 1 N–H and O–H groups in total. The van der Waals surface area contributed by atoms with E-state index in [2.05, 4.69) is 15.3 Å². The third-order valence-corrected chi connectivity index (χ3v) is 5.12. The maximum absolute atomic E-state index is 12.3.